The molecule has 0 aliphatic heterocycles. The van der Waals surface area contributed by atoms with Gasteiger partial charge in [-0.1, -0.05) is 32.1 Å². The van der Waals surface area contributed by atoms with Crippen molar-refractivity contribution in [3.63, 3.8) is 0 Å². The maximum atomic E-state index is 5.29. The van der Waals surface area contributed by atoms with Crippen molar-refractivity contribution in [2.24, 2.45) is 5.92 Å². The quantitative estimate of drug-likeness (QED) is 0.370. The molecule has 0 spiro atoms. The van der Waals surface area contributed by atoms with Crippen LogP contribution in [-0.4, -0.2) is 23.9 Å². The third-order valence-electron chi connectivity index (χ3n) is 2.83. The molecule has 0 unspecified atom stereocenters. The van der Waals surface area contributed by atoms with E-state index in [1.807, 2.05) is 0 Å². The third-order valence-corrected chi connectivity index (χ3v) is 3.06. The van der Waals surface area contributed by atoms with E-state index in [1.165, 1.54) is 44.9 Å². The fraction of sp³-hybridized carbons (Fsp3) is 1.00. The Morgan fingerprint density at radius 1 is 1.15 bits per heavy atom. The molecule has 78 valence electrons. The molecule has 0 atom stereocenters. The summed E-state index contributed by atoms with van der Waals surface area (Å²) in [4.78, 5) is 0. The normalized spacial score (nSPS) is 19.4. The predicted molar refractivity (Wildman–Crippen MR) is 57.7 cm³/mol. The van der Waals surface area contributed by atoms with Crippen LogP contribution in [0, 0.1) is 5.92 Å². The highest BCUT2D eigenvalue weighted by atomic mass is 28.2. The van der Waals surface area contributed by atoms with E-state index < -0.39 is 0 Å². The maximum absolute atomic E-state index is 5.29. The predicted octanol–water partition coefficient (Wildman–Crippen LogP) is 1.62. The highest BCUT2D eigenvalue weighted by Gasteiger charge is 2.12. The summed E-state index contributed by atoms with van der Waals surface area (Å²) in [5.74, 6) is 0.995. The van der Waals surface area contributed by atoms with Crippen LogP contribution in [0.4, 0.5) is 0 Å². The van der Waals surface area contributed by atoms with Crippen LogP contribution in [-0.2, 0) is 9.16 Å². The zero-order chi connectivity index (χ0) is 9.36. The van der Waals surface area contributed by atoms with Crippen LogP contribution in [0.15, 0.2) is 0 Å². The van der Waals surface area contributed by atoms with Crippen LogP contribution < -0.4 is 0 Å². The van der Waals surface area contributed by atoms with Crippen LogP contribution in [0.2, 0.25) is 0 Å². The van der Waals surface area contributed by atoms with Gasteiger partial charge in [-0.05, 0) is 18.8 Å². The lowest BCUT2D eigenvalue weighted by atomic mass is 9.86. The van der Waals surface area contributed by atoms with E-state index in [0.717, 1.165) is 23.0 Å². The first-order valence-corrected chi connectivity index (χ1v) is 6.32. The summed E-state index contributed by atoms with van der Waals surface area (Å²) in [6.45, 7) is 1.40. The molecule has 1 saturated carbocycles. The second-order valence-corrected chi connectivity index (χ2v) is 4.54. The second-order valence-electron chi connectivity index (χ2n) is 3.96. The standard InChI is InChI=1S/C10H22O2Si/c13-12-9-11-8-4-7-10-5-2-1-3-6-10/h10H,1-9H2,13H3. The van der Waals surface area contributed by atoms with Crippen LogP contribution in [0.25, 0.3) is 0 Å². The van der Waals surface area contributed by atoms with Gasteiger partial charge >= 0.3 is 0 Å². The highest BCUT2D eigenvalue weighted by Crippen LogP contribution is 2.26. The Balaban J connectivity index is 1.86. The number of ether oxygens (including phenoxy) is 1. The molecule has 1 aliphatic carbocycles. The van der Waals surface area contributed by atoms with E-state index in [4.69, 9.17) is 9.16 Å². The molecular weight excluding hydrogens is 180 g/mol. The molecule has 3 heteroatoms. The van der Waals surface area contributed by atoms with Crippen LogP contribution in [0.5, 0.6) is 0 Å². The average molecular weight is 202 g/mol. The Hall–Kier alpha value is 0.137. The van der Waals surface area contributed by atoms with Crippen molar-refractivity contribution in [1.29, 1.82) is 0 Å². The van der Waals surface area contributed by atoms with Gasteiger partial charge in [-0.3, -0.25) is 0 Å². The largest absolute Gasteiger partial charge is 0.406 e. The molecule has 1 fully saturated rings. The van der Waals surface area contributed by atoms with Gasteiger partial charge in [-0.15, -0.1) is 0 Å². The van der Waals surface area contributed by atoms with Gasteiger partial charge < -0.3 is 9.16 Å². The smallest absolute Gasteiger partial charge is 0.149 e. The zero-order valence-electron chi connectivity index (χ0n) is 8.76. The lowest BCUT2D eigenvalue weighted by Gasteiger charge is -2.21. The Labute approximate surface area is 84.5 Å². The molecule has 0 N–H and O–H groups in total. The lowest BCUT2D eigenvalue weighted by Crippen LogP contribution is -2.08. The molecule has 2 nitrogen and oxygen atoms in total. The van der Waals surface area contributed by atoms with Gasteiger partial charge in [-0.25, -0.2) is 0 Å². The lowest BCUT2D eigenvalue weighted by molar-refractivity contribution is 0.0168. The summed E-state index contributed by atoms with van der Waals surface area (Å²) in [5, 5.41) is 0. The van der Waals surface area contributed by atoms with E-state index >= 15 is 0 Å². The van der Waals surface area contributed by atoms with E-state index in [9.17, 15) is 0 Å². The molecule has 13 heavy (non-hydrogen) atoms. The van der Waals surface area contributed by atoms with Gasteiger partial charge in [0, 0.05) is 6.61 Å². The average Bonchev–Trinajstić information content (AvgIpc) is 2.19. The van der Waals surface area contributed by atoms with Crippen molar-refractivity contribution < 1.29 is 9.16 Å². The van der Waals surface area contributed by atoms with Crippen molar-refractivity contribution in [2.45, 2.75) is 44.9 Å². The maximum Gasteiger partial charge on any atom is 0.149 e. The van der Waals surface area contributed by atoms with Gasteiger partial charge in [0.1, 0.15) is 17.3 Å². The summed E-state index contributed by atoms with van der Waals surface area (Å²) in [7, 11) is 0.790. The summed E-state index contributed by atoms with van der Waals surface area (Å²) < 4.78 is 10.2. The molecule has 0 heterocycles. The number of rotatable bonds is 6. The monoisotopic (exact) mass is 202 g/mol. The number of hydrogen-bond acceptors (Lipinski definition) is 2. The Kier molecular flexibility index (Phi) is 6.50. The Bertz CT molecular complexity index is 113. The summed E-state index contributed by atoms with van der Waals surface area (Å²) in [5.41, 5.74) is 0. The highest BCUT2D eigenvalue weighted by molar-refractivity contribution is 5.97. The van der Waals surface area contributed by atoms with Crippen molar-refractivity contribution in [3.05, 3.63) is 0 Å². The van der Waals surface area contributed by atoms with E-state index in [-0.39, 0.29) is 0 Å². The molecule has 0 amide bonds. The van der Waals surface area contributed by atoms with Crippen LogP contribution in [0.3, 0.4) is 0 Å². The second kappa shape index (κ2) is 7.53. The molecule has 1 aliphatic rings. The molecular formula is C10H22O2Si. The minimum Gasteiger partial charge on any atom is -0.406 e. The minimum atomic E-state index is 0.511. The molecule has 0 aromatic rings. The molecule has 0 bridgehead atoms. The summed E-state index contributed by atoms with van der Waals surface area (Å²) in [6, 6.07) is 0. The summed E-state index contributed by atoms with van der Waals surface area (Å²) >= 11 is 0. The van der Waals surface area contributed by atoms with Gasteiger partial charge in [-0.2, -0.15) is 0 Å². The fourth-order valence-corrected chi connectivity index (χ4v) is 2.26. The van der Waals surface area contributed by atoms with Crippen molar-refractivity contribution in [2.75, 3.05) is 13.4 Å². The molecule has 0 aromatic carbocycles. The van der Waals surface area contributed by atoms with Gasteiger partial charge in [0.05, 0.1) is 0 Å². The molecule has 1 rings (SSSR count). The summed E-state index contributed by atoms with van der Waals surface area (Å²) in [6.07, 6.45) is 9.86. The van der Waals surface area contributed by atoms with E-state index in [0.29, 0.717) is 6.79 Å². The number of hydrogen-bond donors (Lipinski definition) is 0. The molecule has 0 radical (unpaired) electrons. The van der Waals surface area contributed by atoms with Gasteiger partial charge in [0.25, 0.3) is 0 Å². The van der Waals surface area contributed by atoms with Crippen molar-refractivity contribution >= 4 is 10.5 Å². The van der Waals surface area contributed by atoms with Crippen molar-refractivity contribution in [1.82, 2.24) is 0 Å². The van der Waals surface area contributed by atoms with E-state index in [1.54, 1.807) is 0 Å². The molecule has 0 aromatic heterocycles. The minimum absolute atomic E-state index is 0.511. The Morgan fingerprint density at radius 3 is 2.62 bits per heavy atom. The first-order chi connectivity index (χ1) is 6.43. The van der Waals surface area contributed by atoms with Gasteiger partial charge in [0.15, 0.2) is 0 Å². The first-order valence-electron chi connectivity index (χ1n) is 5.50. The topological polar surface area (TPSA) is 18.5 Å². The van der Waals surface area contributed by atoms with Crippen LogP contribution in [0.1, 0.15) is 44.9 Å². The fourth-order valence-electron chi connectivity index (χ4n) is 2.09. The first kappa shape index (κ1) is 11.2. The SMILES string of the molecule is [SiH3]OCOCCCC1CCCCC1. The molecule has 0 saturated heterocycles. The third kappa shape index (κ3) is 5.44. The van der Waals surface area contributed by atoms with Crippen LogP contribution >= 0.6 is 0 Å². The van der Waals surface area contributed by atoms with Gasteiger partial charge in [0.2, 0.25) is 0 Å². The van der Waals surface area contributed by atoms with Crippen molar-refractivity contribution in [3.8, 4) is 0 Å². The Morgan fingerprint density at radius 2 is 1.92 bits per heavy atom. The van der Waals surface area contributed by atoms with E-state index in [2.05, 4.69) is 0 Å². The zero-order valence-corrected chi connectivity index (χ0v) is 10.8.